The summed E-state index contributed by atoms with van der Waals surface area (Å²) in [5.41, 5.74) is 6.16. The third-order valence-electron chi connectivity index (χ3n) is 3.30. The van der Waals surface area contributed by atoms with E-state index in [1.807, 2.05) is 0 Å². The van der Waals surface area contributed by atoms with E-state index in [9.17, 15) is 0 Å². The van der Waals surface area contributed by atoms with Gasteiger partial charge >= 0.3 is 0 Å². The Morgan fingerprint density at radius 3 is 2.46 bits per heavy atom. The van der Waals surface area contributed by atoms with E-state index >= 15 is 0 Å². The van der Waals surface area contributed by atoms with Crippen LogP contribution in [0.1, 0.15) is 25.7 Å². The maximum Gasteiger partial charge on any atom is 0.0247 e. The molecule has 0 radical (unpaired) electrons. The van der Waals surface area contributed by atoms with Gasteiger partial charge in [0.1, 0.15) is 0 Å². The molecule has 2 nitrogen and oxygen atoms in total. The Labute approximate surface area is 85.2 Å². The Kier molecular flexibility index (Phi) is 3.52. The molecule has 2 rings (SSSR count). The Balaban J connectivity index is 1.88. The Morgan fingerprint density at radius 2 is 1.77 bits per heavy atom. The first kappa shape index (κ1) is 9.81. The molecule has 1 saturated carbocycles. The van der Waals surface area contributed by atoms with Crippen molar-refractivity contribution in [2.75, 3.05) is 24.6 Å². The molecule has 2 N–H and O–H groups in total. The summed E-state index contributed by atoms with van der Waals surface area (Å²) in [5.74, 6) is 2.62. The predicted octanol–water partition coefficient (Wildman–Crippen LogP) is 1.31. The number of hydrogen-bond donors (Lipinski definition) is 1. The highest BCUT2D eigenvalue weighted by Gasteiger charge is 2.28. The quantitative estimate of drug-likeness (QED) is 0.692. The van der Waals surface area contributed by atoms with Crippen molar-refractivity contribution in [3.8, 4) is 0 Å². The molecule has 0 bridgehead atoms. The van der Waals surface area contributed by atoms with Crippen molar-refractivity contribution < 1.29 is 0 Å². The molecule has 13 heavy (non-hydrogen) atoms. The van der Waals surface area contributed by atoms with Crippen LogP contribution in [0.4, 0.5) is 0 Å². The van der Waals surface area contributed by atoms with Crippen LogP contribution in [0.5, 0.6) is 0 Å². The van der Waals surface area contributed by atoms with E-state index in [-0.39, 0.29) is 0 Å². The molecule has 76 valence electrons. The molecular formula is C10H20N2S. The minimum atomic E-state index is 0.455. The van der Waals surface area contributed by atoms with Crippen LogP contribution in [0.3, 0.4) is 0 Å². The van der Waals surface area contributed by atoms with Gasteiger partial charge in [0.2, 0.25) is 0 Å². The monoisotopic (exact) mass is 200 g/mol. The highest BCUT2D eigenvalue weighted by Crippen LogP contribution is 2.24. The highest BCUT2D eigenvalue weighted by atomic mass is 32.2. The summed E-state index contributed by atoms with van der Waals surface area (Å²) >= 11 is 2.08. The van der Waals surface area contributed by atoms with Gasteiger partial charge in [0.25, 0.3) is 0 Å². The molecule has 1 saturated heterocycles. The summed E-state index contributed by atoms with van der Waals surface area (Å²) < 4.78 is 0. The lowest BCUT2D eigenvalue weighted by Crippen LogP contribution is -2.52. The van der Waals surface area contributed by atoms with E-state index in [2.05, 4.69) is 16.7 Å². The molecule has 0 amide bonds. The Morgan fingerprint density at radius 1 is 1.08 bits per heavy atom. The summed E-state index contributed by atoms with van der Waals surface area (Å²) in [6, 6.07) is 1.16. The second kappa shape index (κ2) is 4.67. The largest absolute Gasteiger partial charge is 0.326 e. The first-order chi connectivity index (χ1) is 6.38. The van der Waals surface area contributed by atoms with Gasteiger partial charge in [0, 0.05) is 36.7 Å². The van der Waals surface area contributed by atoms with E-state index in [0.29, 0.717) is 12.1 Å². The topological polar surface area (TPSA) is 29.3 Å². The normalized spacial score (nSPS) is 37.6. The number of rotatable bonds is 1. The van der Waals surface area contributed by atoms with Crippen LogP contribution in [0.25, 0.3) is 0 Å². The molecule has 2 fully saturated rings. The first-order valence-corrected chi connectivity index (χ1v) is 6.61. The molecule has 2 aliphatic rings. The fourth-order valence-corrected chi connectivity index (χ4v) is 3.43. The average molecular weight is 200 g/mol. The fraction of sp³-hybridized carbons (Fsp3) is 1.00. The maximum atomic E-state index is 6.16. The van der Waals surface area contributed by atoms with Crippen molar-refractivity contribution in [3.63, 3.8) is 0 Å². The summed E-state index contributed by atoms with van der Waals surface area (Å²) in [7, 11) is 0. The summed E-state index contributed by atoms with van der Waals surface area (Å²) in [6.45, 7) is 2.53. The lowest BCUT2D eigenvalue weighted by atomic mass is 9.90. The lowest BCUT2D eigenvalue weighted by molar-refractivity contribution is 0.150. The number of nitrogens with zero attached hydrogens (tertiary/aromatic N) is 1. The van der Waals surface area contributed by atoms with E-state index in [0.717, 1.165) is 0 Å². The van der Waals surface area contributed by atoms with Crippen molar-refractivity contribution in [1.29, 1.82) is 0 Å². The van der Waals surface area contributed by atoms with Gasteiger partial charge in [0.15, 0.2) is 0 Å². The Hall–Kier alpha value is 0.270. The molecule has 2 unspecified atom stereocenters. The van der Waals surface area contributed by atoms with Crippen molar-refractivity contribution in [1.82, 2.24) is 4.90 Å². The van der Waals surface area contributed by atoms with Gasteiger partial charge in [0.05, 0.1) is 0 Å². The van der Waals surface area contributed by atoms with Crippen LogP contribution in [0, 0.1) is 0 Å². The molecule has 2 atom stereocenters. The first-order valence-electron chi connectivity index (χ1n) is 5.45. The summed E-state index contributed by atoms with van der Waals surface area (Å²) in [4.78, 5) is 2.63. The summed E-state index contributed by atoms with van der Waals surface area (Å²) in [6.07, 6.45) is 5.32. The van der Waals surface area contributed by atoms with Crippen LogP contribution < -0.4 is 5.73 Å². The zero-order valence-corrected chi connectivity index (χ0v) is 9.06. The Bertz CT molecular complexity index is 157. The van der Waals surface area contributed by atoms with Crippen LogP contribution in [-0.2, 0) is 0 Å². The van der Waals surface area contributed by atoms with Gasteiger partial charge in [-0.2, -0.15) is 11.8 Å². The predicted molar refractivity (Wildman–Crippen MR) is 59.1 cm³/mol. The molecule has 0 spiro atoms. The van der Waals surface area contributed by atoms with E-state index in [1.165, 1.54) is 50.3 Å². The molecular weight excluding hydrogens is 180 g/mol. The maximum absolute atomic E-state index is 6.16. The molecule has 3 heteroatoms. The van der Waals surface area contributed by atoms with Gasteiger partial charge in [-0.3, -0.25) is 4.90 Å². The van der Waals surface area contributed by atoms with E-state index in [1.54, 1.807) is 0 Å². The minimum absolute atomic E-state index is 0.455. The lowest BCUT2D eigenvalue weighted by Gasteiger charge is -2.40. The fourth-order valence-electron chi connectivity index (χ4n) is 2.50. The zero-order valence-electron chi connectivity index (χ0n) is 8.24. The van der Waals surface area contributed by atoms with Gasteiger partial charge in [-0.1, -0.05) is 12.8 Å². The molecule has 0 aromatic carbocycles. The second-order valence-electron chi connectivity index (χ2n) is 4.16. The van der Waals surface area contributed by atoms with Gasteiger partial charge in [-0.25, -0.2) is 0 Å². The molecule has 0 aromatic rings. The molecule has 0 aromatic heterocycles. The third-order valence-corrected chi connectivity index (χ3v) is 4.24. The molecule has 1 heterocycles. The smallest absolute Gasteiger partial charge is 0.0247 e. The van der Waals surface area contributed by atoms with Crippen molar-refractivity contribution in [2.24, 2.45) is 5.73 Å². The van der Waals surface area contributed by atoms with Crippen LogP contribution in [-0.4, -0.2) is 41.6 Å². The van der Waals surface area contributed by atoms with Gasteiger partial charge in [-0.15, -0.1) is 0 Å². The molecule has 1 aliphatic carbocycles. The van der Waals surface area contributed by atoms with Crippen LogP contribution in [0.2, 0.25) is 0 Å². The van der Waals surface area contributed by atoms with Gasteiger partial charge < -0.3 is 5.73 Å². The van der Waals surface area contributed by atoms with E-state index in [4.69, 9.17) is 5.73 Å². The summed E-state index contributed by atoms with van der Waals surface area (Å²) in [5, 5.41) is 0. The standard InChI is InChI=1S/C10H20N2S/c11-9-3-1-2-4-10(9)12-5-7-13-8-6-12/h9-10H,1-8,11H2. The van der Waals surface area contributed by atoms with Crippen molar-refractivity contribution in [3.05, 3.63) is 0 Å². The highest BCUT2D eigenvalue weighted by molar-refractivity contribution is 7.99. The van der Waals surface area contributed by atoms with Crippen LogP contribution in [0.15, 0.2) is 0 Å². The zero-order chi connectivity index (χ0) is 9.10. The number of thioether (sulfide) groups is 1. The second-order valence-corrected chi connectivity index (χ2v) is 5.39. The van der Waals surface area contributed by atoms with Gasteiger partial charge in [-0.05, 0) is 12.8 Å². The molecule has 1 aliphatic heterocycles. The average Bonchev–Trinajstić information content (AvgIpc) is 2.20. The third kappa shape index (κ3) is 2.39. The number of nitrogens with two attached hydrogens (primary N) is 1. The minimum Gasteiger partial charge on any atom is -0.326 e. The number of hydrogen-bond acceptors (Lipinski definition) is 3. The van der Waals surface area contributed by atoms with Crippen LogP contribution >= 0.6 is 11.8 Å². The SMILES string of the molecule is NC1CCCCC1N1CCSCC1. The van der Waals surface area contributed by atoms with Crippen molar-refractivity contribution >= 4 is 11.8 Å². The van der Waals surface area contributed by atoms with Crippen molar-refractivity contribution in [2.45, 2.75) is 37.8 Å². The van der Waals surface area contributed by atoms with E-state index < -0.39 is 0 Å².